The van der Waals surface area contributed by atoms with E-state index in [1.54, 1.807) is 20.8 Å². The monoisotopic (exact) mass is 300 g/mol. The van der Waals surface area contributed by atoms with Gasteiger partial charge in [-0.1, -0.05) is 6.92 Å². The molecule has 1 aliphatic heterocycles. The predicted octanol–water partition coefficient (Wildman–Crippen LogP) is 2.08. The van der Waals surface area contributed by atoms with E-state index < -0.39 is 23.2 Å². The van der Waals surface area contributed by atoms with Crippen molar-refractivity contribution >= 4 is 12.1 Å². The summed E-state index contributed by atoms with van der Waals surface area (Å²) in [6.45, 7) is 12.0. The molecule has 1 amide bonds. The smallest absolute Gasteiger partial charge is 0.411 e. The van der Waals surface area contributed by atoms with Crippen LogP contribution in [0.4, 0.5) is 4.79 Å². The van der Waals surface area contributed by atoms with Gasteiger partial charge in [-0.05, 0) is 47.6 Å². The molecule has 0 aromatic rings. The summed E-state index contributed by atoms with van der Waals surface area (Å²) in [5, 5.41) is 13.0. The average Bonchev–Trinajstić information content (AvgIpc) is 2.28. The van der Waals surface area contributed by atoms with E-state index in [4.69, 9.17) is 4.74 Å². The molecule has 21 heavy (non-hydrogen) atoms. The second kappa shape index (κ2) is 6.22. The van der Waals surface area contributed by atoms with Gasteiger partial charge >= 0.3 is 12.1 Å². The number of carbonyl (C=O) groups is 2. The van der Waals surface area contributed by atoms with Crippen molar-refractivity contribution in [1.29, 1.82) is 0 Å². The molecule has 0 aromatic carbocycles. The van der Waals surface area contributed by atoms with Gasteiger partial charge in [0, 0.05) is 18.5 Å². The van der Waals surface area contributed by atoms with E-state index in [1.807, 2.05) is 20.8 Å². The van der Waals surface area contributed by atoms with Crippen molar-refractivity contribution in [3.63, 3.8) is 0 Å². The third-order valence-electron chi connectivity index (χ3n) is 3.86. The minimum atomic E-state index is -1.22. The first kappa shape index (κ1) is 17.8. The van der Waals surface area contributed by atoms with Gasteiger partial charge < -0.3 is 15.2 Å². The van der Waals surface area contributed by atoms with E-state index >= 15 is 0 Å². The fourth-order valence-electron chi connectivity index (χ4n) is 2.94. The quantitative estimate of drug-likeness (QED) is 0.834. The number of hydrogen-bond donors (Lipinski definition) is 2. The number of ether oxygens (including phenoxy) is 1. The molecule has 1 heterocycles. The molecule has 0 aliphatic carbocycles. The zero-order valence-electron chi connectivity index (χ0n) is 13.9. The molecule has 1 saturated heterocycles. The maximum Gasteiger partial charge on any atom is 0.411 e. The normalized spacial score (nSPS) is 26.5. The molecule has 122 valence electrons. The summed E-state index contributed by atoms with van der Waals surface area (Å²) in [6, 6.07) is -0.253. The SMILES string of the molecule is CC(C)N(C(=O)OC(C)(C)C)C1(C(=O)O)CCNCC1C. The number of nitrogens with one attached hydrogen (secondary N) is 1. The van der Waals surface area contributed by atoms with Crippen LogP contribution >= 0.6 is 0 Å². The third-order valence-corrected chi connectivity index (χ3v) is 3.86. The lowest BCUT2D eigenvalue weighted by molar-refractivity contribution is -0.159. The molecular weight excluding hydrogens is 272 g/mol. The molecule has 2 atom stereocenters. The lowest BCUT2D eigenvalue weighted by Gasteiger charge is -2.48. The standard InChI is InChI=1S/C15H28N2O4/c1-10(2)17(13(20)21-14(4,5)6)15(12(18)19)7-8-16-9-11(15)3/h10-11,16H,7-9H2,1-6H3,(H,18,19). The van der Waals surface area contributed by atoms with Gasteiger partial charge in [0.2, 0.25) is 0 Å². The number of carboxylic acids is 1. The number of rotatable bonds is 3. The van der Waals surface area contributed by atoms with Crippen molar-refractivity contribution in [2.24, 2.45) is 5.92 Å². The Labute approximate surface area is 126 Å². The van der Waals surface area contributed by atoms with Crippen molar-refractivity contribution < 1.29 is 19.4 Å². The second-order valence-corrected chi connectivity index (χ2v) is 7.03. The van der Waals surface area contributed by atoms with Crippen LogP contribution in [0, 0.1) is 5.92 Å². The van der Waals surface area contributed by atoms with Crippen LogP contribution in [-0.2, 0) is 9.53 Å². The van der Waals surface area contributed by atoms with Crippen LogP contribution in [0.1, 0.15) is 48.0 Å². The van der Waals surface area contributed by atoms with E-state index in [0.717, 1.165) is 0 Å². The first-order valence-corrected chi connectivity index (χ1v) is 7.49. The van der Waals surface area contributed by atoms with E-state index in [-0.39, 0.29) is 12.0 Å². The maximum absolute atomic E-state index is 12.6. The molecule has 0 aromatic heterocycles. The largest absolute Gasteiger partial charge is 0.479 e. The molecule has 6 heteroatoms. The van der Waals surface area contributed by atoms with Crippen LogP contribution in [0.2, 0.25) is 0 Å². The zero-order chi connectivity index (χ0) is 16.4. The molecule has 0 bridgehead atoms. The second-order valence-electron chi connectivity index (χ2n) is 7.03. The Morgan fingerprint density at radius 1 is 1.38 bits per heavy atom. The van der Waals surface area contributed by atoms with E-state index in [9.17, 15) is 14.7 Å². The topological polar surface area (TPSA) is 78.9 Å². The minimum Gasteiger partial charge on any atom is -0.479 e. The highest BCUT2D eigenvalue weighted by atomic mass is 16.6. The van der Waals surface area contributed by atoms with E-state index in [1.165, 1.54) is 4.90 Å². The summed E-state index contributed by atoms with van der Waals surface area (Å²) in [5.41, 5.74) is -1.87. The Hall–Kier alpha value is -1.30. The Kier molecular flexibility index (Phi) is 5.25. The van der Waals surface area contributed by atoms with Crippen molar-refractivity contribution in [3.05, 3.63) is 0 Å². The summed E-state index contributed by atoms with van der Waals surface area (Å²) >= 11 is 0. The summed E-state index contributed by atoms with van der Waals surface area (Å²) in [6.07, 6.45) is -0.186. The molecule has 2 unspecified atom stereocenters. The van der Waals surface area contributed by atoms with Crippen molar-refractivity contribution in [3.8, 4) is 0 Å². The molecular formula is C15H28N2O4. The number of aliphatic carboxylic acids is 1. The van der Waals surface area contributed by atoms with Gasteiger partial charge in [-0.15, -0.1) is 0 Å². The van der Waals surface area contributed by atoms with E-state index in [2.05, 4.69) is 5.32 Å². The van der Waals surface area contributed by atoms with Gasteiger partial charge in [0.05, 0.1) is 0 Å². The Balaban J connectivity index is 3.22. The molecule has 6 nitrogen and oxygen atoms in total. The summed E-state index contributed by atoms with van der Waals surface area (Å²) < 4.78 is 5.44. The van der Waals surface area contributed by atoms with Crippen molar-refractivity contribution in [2.75, 3.05) is 13.1 Å². The molecule has 1 fully saturated rings. The summed E-state index contributed by atoms with van der Waals surface area (Å²) in [7, 11) is 0. The Morgan fingerprint density at radius 3 is 2.33 bits per heavy atom. The van der Waals surface area contributed by atoms with Gasteiger partial charge in [-0.2, -0.15) is 0 Å². The fraction of sp³-hybridized carbons (Fsp3) is 0.867. The number of carbonyl (C=O) groups excluding carboxylic acids is 1. The van der Waals surface area contributed by atoms with Gasteiger partial charge in [0.25, 0.3) is 0 Å². The number of amides is 1. The molecule has 0 radical (unpaired) electrons. The van der Waals surface area contributed by atoms with Crippen LogP contribution in [0.15, 0.2) is 0 Å². The van der Waals surface area contributed by atoms with Crippen molar-refractivity contribution in [1.82, 2.24) is 10.2 Å². The third kappa shape index (κ3) is 3.67. The van der Waals surface area contributed by atoms with Gasteiger partial charge in [0.15, 0.2) is 0 Å². The molecule has 1 aliphatic rings. The van der Waals surface area contributed by atoms with Gasteiger partial charge in [0.1, 0.15) is 11.1 Å². The van der Waals surface area contributed by atoms with E-state index in [0.29, 0.717) is 19.5 Å². The lowest BCUT2D eigenvalue weighted by atomic mass is 9.77. The number of carboxylic acid groups (broad SMARTS) is 1. The van der Waals surface area contributed by atoms with Crippen LogP contribution in [0.5, 0.6) is 0 Å². The molecule has 1 rings (SSSR count). The highest BCUT2D eigenvalue weighted by Crippen LogP contribution is 2.34. The summed E-state index contributed by atoms with van der Waals surface area (Å²) in [5.74, 6) is -1.16. The van der Waals surface area contributed by atoms with Crippen LogP contribution in [0.3, 0.4) is 0 Å². The number of piperidine rings is 1. The average molecular weight is 300 g/mol. The highest BCUT2D eigenvalue weighted by molar-refractivity contribution is 5.85. The molecule has 0 saturated carbocycles. The fourth-order valence-corrected chi connectivity index (χ4v) is 2.94. The Bertz CT molecular complexity index is 403. The van der Waals surface area contributed by atoms with Gasteiger partial charge in [-0.3, -0.25) is 4.90 Å². The first-order chi connectivity index (χ1) is 9.52. The highest BCUT2D eigenvalue weighted by Gasteiger charge is 2.53. The molecule has 2 N–H and O–H groups in total. The lowest BCUT2D eigenvalue weighted by Crippen LogP contribution is -2.67. The predicted molar refractivity (Wildman–Crippen MR) is 80.2 cm³/mol. The van der Waals surface area contributed by atoms with Gasteiger partial charge in [-0.25, -0.2) is 9.59 Å². The Morgan fingerprint density at radius 2 is 1.95 bits per heavy atom. The summed E-state index contributed by atoms with van der Waals surface area (Å²) in [4.78, 5) is 26.0. The molecule has 0 spiro atoms. The van der Waals surface area contributed by atoms with Crippen molar-refractivity contribution in [2.45, 2.75) is 65.1 Å². The number of hydrogen-bond acceptors (Lipinski definition) is 4. The minimum absolute atomic E-state index is 0.196. The first-order valence-electron chi connectivity index (χ1n) is 7.49. The zero-order valence-corrected chi connectivity index (χ0v) is 13.9. The van der Waals surface area contributed by atoms with Crippen LogP contribution in [0.25, 0.3) is 0 Å². The number of nitrogens with zero attached hydrogens (tertiary/aromatic N) is 1. The van der Waals surface area contributed by atoms with Crippen LogP contribution < -0.4 is 5.32 Å². The van der Waals surface area contributed by atoms with Crippen LogP contribution in [-0.4, -0.2) is 52.3 Å². The maximum atomic E-state index is 12.6.